The number of amides is 2. The van der Waals surface area contributed by atoms with Crippen LogP contribution in [0.25, 0.3) is 0 Å². The number of carbonyl (C=O) groups excluding carboxylic acids is 5. The number of rotatable bonds is 15. The fraction of sp³-hybridized carbons (Fsp3) is 0.727. The van der Waals surface area contributed by atoms with Gasteiger partial charge in [0.05, 0.1) is 6.42 Å². The first kappa shape index (κ1) is 31.6. The van der Waals surface area contributed by atoms with Crippen LogP contribution in [0.15, 0.2) is 0 Å². The van der Waals surface area contributed by atoms with E-state index in [1.54, 1.807) is 20.8 Å². The second-order valence-electron chi connectivity index (χ2n) is 8.60. The monoisotopic (exact) mass is 504 g/mol. The summed E-state index contributed by atoms with van der Waals surface area (Å²) in [5, 5.41) is 14.1. The van der Waals surface area contributed by atoms with Crippen molar-refractivity contribution in [2.45, 2.75) is 84.5 Å². The highest BCUT2D eigenvalue weighted by atomic mass is 16.6. The molecule has 0 radical (unpaired) electrons. The molecule has 2 amide bonds. The fourth-order valence-corrected chi connectivity index (χ4v) is 2.53. The molecule has 0 spiro atoms. The summed E-state index contributed by atoms with van der Waals surface area (Å²) >= 11 is 0. The zero-order chi connectivity index (χ0) is 27.0. The number of ether oxygens (including phenoxy) is 4. The Morgan fingerprint density at radius 1 is 0.886 bits per heavy atom. The molecular formula is C22H36N2O11. The van der Waals surface area contributed by atoms with Gasteiger partial charge in [0.15, 0.2) is 6.10 Å². The number of carboxylic acids is 1. The Balaban J connectivity index is 4.17. The van der Waals surface area contributed by atoms with Crippen LogP contribution in [-0.2, 0) is 42.9 Å². The number of nitrogens with one attached hydrogen (secondary N) is 2. The van der Waals surface area contributed by atoms with Gasteiger partial charge in [0.1, 0.15) is 24.9 Å². The number of carboxylic acid groups (broad SMARTS) is 1. The highest BCUT2D eigenvalue weighted by Gasteiger charge is 2.23. The number of aliphatic carboxylic acids is 1. The van der Waals surface area contributed by atoms with Crippen molar-refractivity contribution >= 4 is 35.9 Å². The molecule has 200 valence electrons. The van der Waals surface area contributed by atoms with Crippen LogP contribution in [0.2, 0.25) is 0 Å². The van der Waals surface area contributed by atoms with Gasteiger partial charge in [-0.15, -0.1) is 0 Å². The number of esters is 3. The summed E-state index contributed by atoms with van der Waals surface area (Å²) in [5.41, 5.74) is -0.752. The highest BCUT2D eigenvalue weighted by molar-refractivity contribution is 5.81. The Labute approximate surface area is 204 Å². The third-order valence-electron chi connectivity index (χ3n) is 4.02. The van der Waals surface area contributed by atoms with Gasteiger partial charge in [0, 0.05) is 26.8 Å². The van der Waals surface area contributed by atoms with Crippen molar-refractivity contribution in [1.82, 2.24) is 10.6 Å². The molecule has 0 aromatic rings. The minimum atomic E-state index is -1.19. The summed E-state index contributed by atoms with van der Waals surface area (Å²) in [5.74, 6) is -3.50. The SMILES string of the molecule is CC(=O)OCC(COC(=O)CCC(=O)NCCCCC(NC(=O)OC(C)(C)C)C(=O)O)OC(C)=O. The van der Waals surface area contributed by atoms with Crippen LogP contribution in [0, 0.1) is 0 Å². The van der Waals surface area contributed by atoms with Gasteiger partial charge in [-0.1, -0.05) is 0 Å². The number of hydrogen-bond acceptors (Lipinski definition) is 10. The minimum absolute atomic E-state index is 0.140. The van der Waals surface area contributed by atoms with Crippen LogP contribution in [-0.4, -0.2) is 78.5 Å². The van der Waals surface area contributed by atoms with Crippen molar-refractivity contribution in [2.75, 3.05) is 19.8 Å². The molecule has 0 saturated carbocycles. The van der Waals surface area contributed by atoms with Crippen molar-refractivity contribution in [1.29, 1.82) is 0 Å². The quantitative estimate of drug-likeness (QED) is 0.165. The van der Waals surface area contributed by atoms with E-state index in [-0.39, 0.29) is 39.0 Å². The molecule has 13 nitrogen and oxygen atoms in total. The minimum Gasteiger partial charge on any atom is -0.480 e. The molecule has 2 atom stereocenters. The molecule has 0 rings (SSSR count). The zero-order valence-corrected chi connectivity index (χ0v) is 20.8. The van der Waals surface area contributed by atoms with E-state index in [9.17, 15) is 33.9 Å². The van der Waals surface area contributed by atoms with E-state index in [0.29, 0.717) is 12.8 Å². The molecule has 0 aliphatic rings. The first-order valence-electron chi connectivity index (χ1n) is 11.1. The molecule has 0 aromatic heterocycles. The van der Waals surface area contributed by atoms with E-state index in [1.807, 2.05) is 0 Å². The van der Waals surface area contributed by atoms with Crippen LogP contribution in [0.3, 0.4) is 0 Å². The van der Waals surface area contributed by atoms with Crippen LogP contribution >= 0.6 is 0 Å². The first-order valence-corrected chi connectivity index (χ1v) is 11.1. The van der Waals surface area contributed by atoms with Crippen LogP contribution in [0.5, 0.6) is 0 Å². The maximum absolute atomic E-state index is 11.9. The molecule has 0 saturated heterocycles. The van der Waals surface area contributed by atoms with Gasteiger partial charge in [0.25, 0.3) is 0 Å². The number of hydrogen-bond donors (Lipinski definition) is 3. The largest absolute Gasteiger partial charge is 0.480 e. The topological polar surface area (TPSA) is 184 Å². The lowest BCUT2D eigenvalue weighted by molar-refractivity contribution is -0.164. The second-order valence-corrected chi connectivity index (χ2v) is 8.60. The van der Waals surface area contributed by atoms with Crippen LogP contribution in [0.4, 0.5) is 4.79 Å². The summed E-state index contributed by atoms with van der Waals surface area (Å²) in [4.78, 5) is 68.7. The average Bonchev–Trinajstić information content (AvgIpc) is 2.71. The Hall–Kier alpha value is -3.38. The second kappa shape index (κ2) is 16.3. The fourth-order valence-electron chi connectivity index (χ4n) is 2.53. The maximum atomic E-state index is 11.9. The van der Waals surface area contributed by atoms with Crippen molar-refractivity contribution in [3.63, 3.8) is 0 Å². The molecule has 13 heteroatoms. The number of carbonyl (C=O) groups is 6. The predicted molar refractivity (Wildman–Crippen MR) is 120 cm³/mol. The Morgan fingerprint density at radius 3 is 2.06 bits per heavy atom. The molecule has 35 heavy (non-hydrogen) atoms. The molecule has 0 heterocycles. The van der Waals surface area contributed by atoms with Crippen molar-refractivity contribution < 1.29 is 52.8 Å². The van der Waals surface area contributed by atoms with E-state index < -0.39 is 53.6 Å². The van der Waals surface area contributed by atoms with Gasteiger partial charge in [-0.3, -0.25) is 19.2 Å². The Morgan fingerprint density at radius 2 is 1.51 bits per heavy atom. The van der Waals surface area contributed by atoms with E-state index in [0.717, 1.165) is 6.92 Å². The maximum Gasteiger partial charge on any atom is 0.408 e. The van der Waals surface area contributed by atoms with E-state index >= 15 is 0 Å². The smallest absolute Gasteiger partial charge is 0.408 e. The van der Waals surface area contributed by atoms with Gasteiger partial charge in [-0.05, 0) is 40.0 Å². The average molecular weight is 505 g/mol. The first-order chi connectivity index (χ1) is 16.2. The van der Waals surface area contributed by atoms with Gasteiger partial charge in [-0.2, -0.15) is 0 Å². The van der Waals surface area contributed by atoms with Gasteiger partial charge in [-0.25, -0.2) is 9.59 Å². The van der Waals surface area contributed by atoms with Gasteiger partial charge in [0.2, 0.25) is 5.91 Å². The van der Waals surface area contributed by atoms with E-state index in [2.05, 4.69) is 10.6 Å². The van der Waals surface area contributed by atoms with Crippen LogP contribution in [0.1, 0.15) is 66.7 Å². The van der Waals surface area contributed by atoms with E-state index in [4.69, 9.17) is 18.9 Å². The summed E-state index contributed by atoms with van der Waals surface area (Å²) in [7, 11) is 0. The summed E-state index contributed by atoms with van der Waals surface area (Å²) in [6.07, 6.45) is -1.12. The van der Waals surface area contributed by atoms with Crippen molar-refractivity contribution in [3.8, 4) is 0 Å². The van der Waals surface area contributed by atoms with E-state index in [1.165, 1.54) is 6.92 Å². The standard InChI is InChI=1S/C22H36N2O11/c1-14(25)32-12-16(34-15(2)26)13-33-19(28)10-9-18(27)23-11-7-6-8-17(20(29)30)24-21(31)35-22(3,4)5/h16-17H,6-13H2,1-5H3,(H,23,27)(H,24,31)(H,29,30). The third-order valence-corrected chi connectivity index (χ3v) is 4.02. The van der Waals surface area contributed by atoms with Gasteiger partial charge >= 0.3 is 30.0 Å². The summed E-state index contributed by atoms with van der Waals surface area (Å²) in [6.45, 7) is 6.99. The highest BCUT2D eigenvalue weighted by Crippen LogP contribution is 2.08. The molecular weight excluding hydrogens is 468 g/mol. The molecule has 0 fully saturated rings. The number of alkyl carbamates (subject to hydrolysis) is 1. The lowest BCUT2D eigenvalue weighted by Crippen LogP contribution is -2.43. The summed E-state index contributed by atoms with van der Waals surface area (Å²) in [6, 6.07) is -1.12. The van der Waals surface area contributed by atoms with Crippen molar-refractivity contribution in [2.24, 2.45) is 0 Å². The zero-order valence-electron chi connectivity index (χ0n) is 20.8. The molecule has 0 aromatic carbocycles. The van der Waals surface area contributed by atoms with Gasteiger partial charge < -0.3 is 34.7 Å². The summed E-state index contributed by atoms with van der Waals surface area (Å²) < 4.78 is 19.6. The Bertz CT molecular complexity index is 746. The Kier molecular flexibility index (Phi) is 14.7. The molecule has 3 N–H and O–H groups in total. The van der Waals surface area contributed by atoms with Crippen molar-refractivity contribution in [3.05, 3.63) is 0 Å². The lowest BCUT2D eigenvalue weighted by Gasteiger charge is -2.22. The molecule has 0 aliphatic carbocycles. The van der Waals surface area contributed by atoms with Crippen LogP contribution < -0.4 is 10.6 Å². The normalized spacial score (nSPS) is 12.5. The third kappa shape index (κ3) is 18.7. The lowest BCUT2D eigenvalue weighted by atomic mass is 10.1. The predicted octanol–water partition coefficient (Wildman–Crippen LogP) is 1.07. The molecule has 0 aliphatic heterocycles. The molecule has 2 unspecified atom stereocenters. The molecule has 0 bridgehead atoms. The number of unbranched alkanes of at least 4 members (excludes halogenated alkanes) is 1.